The Morgan fingerprint density at radius 2 is 1.00 bits per heavy atom. The summed E-state index contributed by atoms with van der Waals surface area (Å²) < 4.78 is 46.8. The van der Waals surface area contributed by atoms with Crippen molar-refractivity contribution in [1.82, 2.24) is 4.90 Å². The van der Waals surface area contributed by atoms with Crippen molar-refractivity contribution >= 4 is 15.2 Å². The van der Waals surface area contributed by atoms with Crippen LogP contribution >= 0.6 is 15.2 Å². The van der Waals surface area contributed by atoms with Gasteiger partial charge in [0, 0.05) is 0 Å². The summed E-state index contributed by atoms with van der Waals surface area (Å²) in [5.41, 5.74) is -0.0719. The second-order valence-corrected chi connectivity index (χ2v) is 8.08. The molecule has 122 valence electrons. The smallest absolute Gasteiger partial charge is 0.214 e. The maximum Gasteiger partial charge on any atom is 0.214 e. The van der Waals surface area contributed by atoms with Gasteiger partial charge >= 0.3 is 0 Å². The lowest BCUT2D eigenvalue weighted by atomic mass is 10.9. The Hall–Kier alpha value is 0.260. The van der Waals surface area contributed by atoms with Crippen molar-refractivity contribution in [2.75, 3.05) is 40.5 Å². The van der Waals surface area contributed by atoms with Crippen LogP contribution in [0.2, 0.25) is 0 Å². The quantitative estimate of drug-likeness (QED) is 0.424. The molecule has 0 radical (unpaired) electrons. The summed E-state index contributed by atoms with van der Waals surface area (Å²) >= 11 is 0. The molecule has 9 heteroatoms. The molecular formula is C11H26NO6P2-. The number of hydrogen-bond acceptors (Lipinski definition) is 7. The van der Waals surface area contributed by atoms with Gasteiger partial charge in [0.05, 0.1) is 26.4 Å². The van der Waals surface area contributed by atoms with E-state index in [9.17, 15) is 9.13 Å². The van der Waals surface area contributed by atoms with E-state index in [1.165, 1.54) is 4.90 Å². The highest BCUT2D eigenvalue weighted by Crippen LogP contribution is 2.76. The van der Waals surface area contributed by atoms with Gasteiger partial charge in [0.25, 0.3) is 0 Å². The molecule has 0 N–H and O–H groups in total. The molecule has 0 aliphatic carbocycles. The van der Waals surface area contributed by atoms with E-state index in [1.807, 2.05) is 0 Å². The van der Waals surface area contributed by atoms with E-state index in [0.29, 0.717) is 0 Å². The number of nitrogens with zero attached hydrogens (tertiary/aromatic N) is 1. The van der Waals surface area contributed by atoms with Crippen molar-refractivity contribution in [1.29, 1.82) is 0 Å². The predicted molar refractivity (Wildman–Crippen MR) is 78.6 cm³/mol. The maximum atomic E-state index is 12.9. The summed E-state index contributed by atoms with van der Waals surface area (Å²) in [6.07, 6.45) is 0. The zero-order valence-electron chi connectivity index (χ0n) is 13.1. The SMILES string of the molecule is CCOP(=O)(OCC)[C-](N(C)C)P(=O)(OCC)OCC. The van der Waals surface area contributed by atoms with Gasteiger partial charge in [-0.05, 0) is 47.3 Å². The maximum absolute atomic E-state index is 12.9. The first-order valence-corrected chi connectivity index (χ1v) is 9.73. The van der Waals surface area contributed by atoms with Gasteiger partial charge in [0.15, 0.2) is 0 Å². The third-order valence-corrected chi connectivity index (χ3v) is 7.73. The summed E-state index contributed by atoms with van der Waals surface area (Å²) in [7, 11) is -4.27. The third-order valence-electron chi connectivity index (χ3n) is 2.09. The molecule has 0 aromatic rings. The zero-order chi connectivity index (χ0) is 15.8. The summed E-state index contributed by atoms with van der Waals surface area (Å²) in [5, 5.41) is 0. The van der Waals surface area contributed by atoms with Crippen LogP contribution in [0, 0.1) is 5.52 Å². The molecule has 0 unspecified atom stereocenters. The van der Waals surface area contributed by atoms with E-state index >= 15 is 0 Å². The van der Waals surface area contributed by atoms with Crippen LogP contribution in [0.25, 0.3) is 0 Å². The van der Waals surface area contributed by atoms with Gasteiger partial charge in [0.2, 0.25) is 15.2 Å². The van der Waals surface area contributed by atoms with Gasteiger partial charge in [0.1, 0.15) is 0 Å². The van der Waals surface area contributed by atoms with E-state index in [1.54, 1.807) is 41.8 Å². The monoisotopic (exact) mass is 330 g/mol. The molecule has 0 saturated carbocycles. The predicted octanol–water partition coefficient (Wildman–Crippen LogP) is 3.53. The first-order chi connectivity index (χ1) is 9.31. The lowest BCUT2D eigenvalue weighted by molar-refractivity contribution is 0.191. The average Bonchev–Trinajstić information content (AvgIpc) is 2.28. The Balaban J connectivity index is 5.67. The summed E-state index contributed by atoms with van der Waals surface area (Å²) in [5.74, 6) is 0. The van der Waals surface area contributed by atoms with Crippen LogP contribution in [0.1, 0.15) is 27.7 Å². The topological polar surface area (TPSA) is 74.3 Å². The van der Waals surface area contributed by atoms with E-state index in [0.717, 1.165) is 0 Å². The Morgan fingerprint density at radius 1 is 0.750 bits per heavy atom. The van der Waals surface area contributed by atoms with Crippen LogP contribution in [-0.4, -0.2) is 45.4 Å². The molecule has 0 fully saturated rings. The number of hydrogen-bond donors (Lipinski definition) is 0. The zero-order valence-corrected chi connectivity index (χ0v) is 14.9. The minimum absolute atomic E-state index is 0.0719. The molecule has 20 heavy (non-hydrogen) atoms. The molecule has 0 aromatic carbocycles. The van der Waals surface area contributed by atoms with E-state index < -0.39 is 15.2 Å². The summed E-state index contributed by atoms with van der Waals surface area (Å²) in [6, 6.07) is 0. The Labute approximate surface area is 122 Å². The van der Waals surface area contributed by atoms with Crippen LogP contribution in [-0.2, 0) is 27.2 Å². The van der Waals surface area contributed by atoms with Crippen LogP contribution in [0.5, 0.6) is 0 Å². The molecule has 0 bridgehead atoms. The molecule has 0 saturated heterocycles. The van der Waals surface area contributed by atoms with E-state index in [4.69, 9.17) is 18.1 Å². The van der Waals surface area contributed by atoms with Crippen LogP contribution in [0.3, 0.4) is 0 Å². The van der Waals surface area contributed by atoms with Gasteiger partial charge in [-0.2, -0.15) is 0 Å². The molecule has 0 amide bonds. The lowest BCUT2D eigenvalue weighted by Crippen LogP contribution is -2.24. The Morgan fingerprint density at radius 3 is 1.15 bits per heavy atom. The van der Waals surface area contributed by atoms with Gasteiger partial charge in [-0.3, -0.25) is 9.13 Å². The van der Waals surface area contributed by atoms with Gasteiger partial charge in [-0.1, -0.05) is 0 Å². The van der Waals surface area contributed by atoms with E-state index in [2.05, 4.69) is 0 Å². The molecule has 0 aliphatic rings. The minimum Gasteiger partial charge on any atom is -0.436 e. The molecule has 0 aromatic heterocycles. The molecule has 0 rings (SSSR count). The average molecular weight is 330 g/mol. The first kappa shape index (κ1) is 20.3. The fraction of sp³-hybridized carbons (Fsp3) is 0.909. The molecule has 0 spiro atoms. The lowest BCUT2D eigenvalue weighted by Gasteiger charge is -2.46. The van der Waals surface area contributed by atoms with Crippen LogP contribution < -0.4 is 0 Å². The van der Waals surface area contributed by atoms with Crippen molar-refractivity contribution in [3.8, 4) is 0 Å². The second-order valence-electron chi connectivity index (χ2n) is 3.86. The van der Waals surface area contributed by atoms with Gasteiger partial charge in [-0.15, -0.1) is 0 Å². The van der Waals surface area contributed by atoms with E-state index in [-0.39, 0.29) is 32.0 Å². The molecule has 7 nitrogen and oxygen atoms in total. The highest BCUT2D eigenvalue weighted by atomic mass is 31.2. The van der Waals surface area contributed by atoms with Crippen molar-refractivity contribution in [3.63, 3.8) is 0 Å². The molecule has 0 aliphatic heterocycles. The van der Waals surface area contributed by atoms with Gasteiger partial charge in [-0.25, -0.2) is 0 Å². The standard InChI is InChI=1S/C11H26NO6P2/c1-7-15-19(13,16-8-2)11(12(5)6)20(14,17-9-3)18-10-4/h7-10H2,1-6H3/q-1. The number of rotatable bonds is 11. The highest BCUT2D eigenvalue weighted by molar-refractivity contribution is 7.76. The van der Waals surface area contributed by atoms with Gasteiger partial charge < -0.3 is 23.0 Å². The first-order valence-electron chi connectivity index (χ1n) is 6.64. The molecule has 0 atom stereocenters. The second kappa shape index (κ2) is 9.31. The van der Waals surface area contributed by atoms with Crippen LogP contribution in [0.15, 0.2) is 0 Å². The van der Waals surface area contributed by atoms with Crippen LogP contribution in [0.4, 0.5) is 0 Å². The minimum atomic E-state index is -3.74. The molecule has 0 heterocycles. The fourth-order valence-electron chi connectivity index (χ4n) is 1.63. The largest absolute Gasteiger partial charge is 0.436 e. The fourth-order valence-corrected chi connectivity index (χ4v) is 6.47. The Bertz CT molecular complexity index is 313. The normalized spacial score (nSPS) is 13.4. The molecular weight excluding hydrogens is 304 g/mol. The third kappa shape index (κ3) is 5.23. The Kier molecular flexibility index (Phi) is 9.43. The van der Waals surface area contributed by atoms with Crippen molar-refractivity contribution in [2.45, 2.75) is 27.7 Å². The van der Waals surface area contributed by atoms with Crippen molar-refractivity contribution in [2.24, 2.45) is 0 Å². The van der Waals surface area contributed by atoms with Crippen molar-refractivity contribution in [3.05, 3.63) is 5.52 Å². The summed E-state index contributed by atoms with van der Waals surface area (Å²) in [4.78, 5) is 1.43. The summed E-state index contributed by atoms with van der Waals surface area (Å²) in [6.45, 7) is 7.38. The van der Waals surface area contributed by atoms with Crippen molar-refractivity contribution < 1.29 is 27.2 Å². The highest BCUT2D eigenvalue weighted by Gasteiger charge is 2.38.